The summed E-state index contributed by atoms with van der Waals surface area (Å²) in [5.41, 5.74) is 1.16. The Morgan fingerprint density at radius 3 is 2.15 bits per heavy atom. The van der Waals surface area contributed by atoms with Crippen molar-refractivity contribution >= 4 is 10.0 Å². The van der Waals surface area contributed by atoms with Gasteiger partial charge in [0.2, 0.25) is 10.0 Å². The minimum atomic E-state index is -3.42. The highest BCUT2D eigenvalue weighted by molar-refractivity contribution is 7.89. The number of aryl methyl sites for hydroxylation is 1. The van der Waals surface area contributed by atoms with E-state index in [4.69, 9.17) is 0 Å². The molecule has 7 heteroatoms. The van der Waals surface area contributed by atoms with E-state index in [0.29, 0.717) is 18.0 Å². The Bertz CT molecular complexity index is 858. The number of nitrogens with zero attached hydrogens (tertiary/aromatic N) is 4. The molecule has 0 aliphatic carbocycles. The average molecular weight is 391 g/mol. The zero-order chi connectivity index (χ0) is 19.7. The van der Waals surface area contributed by atoms with Crippen molar-refractivity contribution in [2.24, 2.45) is 0 Å². The van der Waals surface area contributed by atoms with E-state index in [9.17, 15) is 8.42 Å². The second-order valence-electron chi connectivity index (χ2n) is 8.19. The molecular formula is C20H30N4O2S. The molecule has 1 aromatic carbocycles. The normalized spacial score (nSPS) is 17.3. The number of rotatable bonds is 5. The van der Waals surface area contributed by atoms with Crippen LogP contribution in [0.5, 0.6) is 0 Å². The first-order valence-corrected chi connectivity index (χ1v) is 10.9. The largest absolute Gasteiger partial charge is 0.334 e. The molecule has 148 valence electrons. The first-order chi connectivity index (χ1) is 12.7. The van der Waals surface area contributed by atoms with Crippen molar-refractivity contribution < 1.29 is 8.42 Å². The molecule has 1 saturated heterocycles. The molecule has 6 nitrogen and oxygen atoms in total. The predicted octanol–water partition coefficient (Wildman–Crippen LogP) is 2.50. The van der Waals surface area contributed by atoms with Gasteiger partial charge in [-0.3, -0.25) is 4.90 Å². The second-order valence-corrected chi connectivity index (χ2v) is 10.1. The van der Waals surface area contributed by atoms with Gasteiger partial charge in [0, 0.05) is 51.7 Å². The van der Waals surface area contributed by atoms with Crippen LogP contribution in [0.2, 0.25) is 0 Å². The fraction of sp³-hybridized carbons (Fsp3) is 0.550. The lowest BCUT2D eigenvalue weighted by Crippen LogP contribution is -2.49. The summed E-state index contributed by atoms with van der Waals surface area (Å²) in [6.07, 6.45) is 3.79. The molecular weight excluding hydrogens is 360 g/mol. The Kier molecular flexibility index (Phi) is 5.74. The van der Waals surface area contributed by atoms with Gasteiger partial charge in [-0.1, -0.05) is 32.9 Å². The molecule has 1 aliphatic heterocycles. The number of piperazine rings is 1. The van der Waals surface area contributed by atoms with Gasteiger partial charge in [-0.2, -0.15) is 4.31 Å². The molecule has 0 bridgehead atoms. The van der Waals surface area contributed by atoms with Crippen molar-refractivity contribution in [2.45, 2.75) is 44.6 Å². The van der Waals surface area contributed by atoms with Crippen LogP contribution in [0.25, 0.3) is 0 Å². The van der Waals surface area contributed by atoms with E-state index in [1.807, 2.05) is 31.5 Å². The molecule has 1 aliphatic rings. The maximum atomic E-state index is 12.9. The van der Waals surface area contributed by atoms with Gasteiger partial charge >= 0.3 is 0 Å². The van der Waals surface area contributed by atoms with Crippen LogP contribution in [-0.2, 0) is 22.0 Å². The highest BCUT2D eigenvalue weighted by Gasteiger charge is 2.28. The molecule has 1 fully saturated rings. The maximum absolute atomic E-state index is 12.9. The second kappa shape index (κ2) is 7.73. The zero-order valence-electron chi connectivity index (χ0n) is 16.7. The molecule has 27 heavy (non-hydrogen) atoms. The summed E-state index contributed by atoms with van der Waals surface area (Å²) in [7, 11) is -3.42. The van der Waals surface area contributed by atoms with Crippen LogP contribution >= 0.6 is 0 Å². The average Bonchev–Trinajstić information content (AvgIpc) is 3.04. The highest BCUT2D eigenvalue weighted by Crippen LogP contribution is 2.25. The molecule has 0 N–H and O–H groups in total. The summed E-state index contributed by atoms with van der Waals surface area (Å²) in [6, 6.07) is 7.33. The van der Waals surface area contributed by atoms with Crippen molar-refractivity contribution in [2.75, 3.05) is 32.7 Å². The minimum Gasteiger partial charge on any atom is -0.334 e. The Morgan fingerprint density at radius 2 is 1.63 bits per heavy atom. The van der Waals surface area contributed by atoms with E-state index in [0.717, 1.165) is 37.6 Å². The van der Waals surface area contributed by atoms with Crippen molar-refractivity contribution in [1.29, 1.82) is 0 Å². The number of hydrogen-bond donors (Lipinski definition) is 0. The maximum Gasteiger partial charge on any atom is 0.243 e. The first-order valence-electron chi connectivity index (χ1n) is 9.49. The van der Waals surface area contributed by atoms with E-state index in [1.54, 1.807) is 16.4 Å². The number of imidazole rings is 1. The van der Waals surface area contributed by atoms with Gasteiger partial charge in [0.15, 0.2) is 0 Å². The van der Waals surface area contributed by atoms with Gasteiger partial charge < -0.3 is 4.57 Å². The van der Waals surface area contributed by atoms with Gasteiger partial charge in [-0.25, -0.2) is 13.4 Å². The van der Waals surface area contributed by atoms with E-state index in [-0.39, 0.29) is 5.41 Å². The Labute approximate surface area is 162 Å². The van der Waals surface area contributed by atoms with Crippen LogP contribution in [0.3, 0.4) is 0 Å². The number of aromatic nitrogens is 2. The molecule has 1 aromatic heterocycles. The highest BCUT2D eigenvalue weighted by atomic mass is 32.2. The van der Waals surface area contributed by atoms with E-state index in [1.165, 1.54) is 0 Å². The lowest BCUT2D eigenvalue weighted by atomic mass is 9.87. The smallest absolute Gasteiger partial charge is 0.243 e. The summed E-state index contributed by atoms with van der Waals surface area (Å²) in [5.74, 6) is 1.01. The van der Waals surface area contributed by atoms with Crippen molar-refractivity contribution in [1.82, 2.24) is 18.8 Å². The Balaban J connectivity index is 1.58. The SMILES string of the molecule is Cc1nccn1CCN1CCN(S(=O)(=O)c2ccc(C(C)(C)C)cc2)CC1. The quantitative estimate of drug-likeness (QED) is 0.787. The fourth-order valence-electron chi connectivity index (χ4n) is 3.36. The third-order valence-electron chi connectivity index (χ3n) is 5.27. The molecule has 0 atom stereocenters. The van der Waals surface area contributed by atoms with Crippen LogP contribution in [0.1, 0.15) is 32.2 Å². The molecule has 0 spiro atoms. The monoisotopic (exact) mass is 390 g/mol. The van der Waals surface area contributed by atoms with Crippen LogP contribution < -0.4 is 0 Å². The summed E-state index contributed by atoms with van der Waals surface area (Å²) in [5, 5.41) is 0. The number of sulfonamides is 1. The summed E-state index contributed by atoms with van der Waals surface area (Å²) in [6.45, 7) is 12.7. The molecule has 3 rings (SSSR count). The van der Waals surface area contributed by atoms with Gasteiger partial charge in [-0.05, 0) is 30.0 Å². The standard InChI is InChI=1S/C20H30N4O2S/c1-17-21-9-10-23(17)14-11-22-12-15-24(16-13-22)27(25,26)19-7-5-18(6-8-19)20(2,3)4/h5-10H,11-16H2,1-4H3. The zero-order valence-corrected chi connectivity index (χ0v) is 17.5. The van der Waals surface area contributed by atoms with Crippen molar-refractivity contribution in [3.8, 4) is 0 Å². The van der Waals surface area contributed by atoms with Crippen LogP contribution in [-0.4, -0.2) is 59.9 Å². The lowest BCUT2D eigenvalue weighted by molar-refractivity contribution is 0.182. The van der Waals surface area contributed by atoms with Crippen LogP contribution in [0.15, 0.2) is 41.6 Å². The van der Waals surface area contributed by atoms with Gasteiger partial charge in [-0.15, -0.1) is 0 Å². The third kappa shape index (κ3) is 4.59. The Hall–Kier alpha value is -1.70. The molecule has 0 saturated carbocycles. The van der Waals surface area contributed by atoms with Crippen LogP contribution in [0, 0.1) is 6.92 Å². The van der Waals surface area contributed by atoms with Gasteiger partial charge in [0.1, 0.15) is 5.82 Å². The lowest BCUT2D eigenvalue weighted by Gasteiger charge is -2.34. The fourth-order valence-corrected chi connectivity index (χ4v) is 4.78. The molecule has 0 unspecified atom stereocenters. The van der Waals surface area contributed by atoms with E-state index >= 15 is 0 Å². The summed E-state index contributed by atoms with van der Waals surface area (Å²) in [4.78, 5) is 6.94. The molecule has 0 amide bonds. The Morgan fingerprint density at radius 1 is 1.00 bits per heavy atom. The number of hydrogen-bond acceptors (Lipinski definition) is 4. The molecule has 0 radical (unpaired) electrons. The van der Waals surface area contributed by atoms with E-state index in [2.05, 4.69) is 35.2 Å². The summed E-state index contributed by atoms with van der Waals surface area (Å²) < 4.78 is 29.6. The van der Waals surface area contributed by atoms with Crippen molar-refractivity contribution in [3.63, 3.8) is 0 Å². The van der Waals surface area contributed by atoms with Gasteiger partial charge in [0.05, 0.1) is 4.90 Å². The first kappa shape index (κ1) is 20.0. The third-order valence-corrected chi connectivity index (χ3v) is 7.18. The van der Waals surface area contributed by atoms with E-state index < -0.39 is 10.0 Å². The minimum absolute atomic E-state index is 0.0154. The summed E-state index contributed by atoms with van der Waals surface area (Å²) >= 11 is 0. The predicted molar refractivity (Wildman–Crippen MR) is 107 cm³/mol. The van der Waals surface area contributed by atoms with Gasteiger partial charge in [0.25, 0.3) is 0 Å². The topological polar surface area (TPSA) is 58.4 Å². The van der Waals surface area contributed by atoms with Crippen LogP contribution in [0.4, 0.5) is 0 Å². The molecule has 2 heterocycles. The number of benzene rings is 1. The molecule has 2 aromatic rings. The van der Waals surface area contributed by atoms with Crippen molar-refractivity contribution in [3.05, 3.63) is 48.0 Å².